The van der Waals surface area contributed by atoms with Gasteiger partial charge in [-0.3, -0.25) is 14.4 Å². The van der Waals surface area contributed by atoms with Gasteiger partial charge in [0.1, 0.15) is 0 Å². The van der Waals surface area contributed by atoms with Crippen LogP contribution in [-0.2, 0) is 16.8 Å². The first-order valence-corrected chi connectivity index (χ1v) is 9.91. The fraction of sp³-hybridized carbons (Fsp3) is 0.316. The molecule has 27 heavy (non-hydrogen) atoms. The van der Waals surface area contributed by atoms with Crippen LogP contribution in [0.2, 0.25) is 0 Å². The Morgan fingerprint density at radius 3 is 2.15 bits per heavy atom. The van der Waals surface area contributed by atoms with Crippen molar-refractivity contribution in [1.82, 2.24) is 9.62 Å². The number of anilines is 1. The fourth-order valence-corrected chi connectivity index (χ4v) is 2.99. The van der Waals surface area contributed by atoms with Crippen LogP contribution in [0.1, 0.15) is 29.8 Å². The summed E-state index contributed by atoms with van der Waals surface area (Å²) in [6, 6.07) is 16.7. The standard InChI is InChI=1S/C19H25N3O3S.BrH/c1-15(2)22(13-16-7-5-4-6-8-16)14-19(23)17-9-11-18(12-10-17)21-26(24,25)20-3;/h4-12,15,20-21H,13-14H2,1-3H3;1H. The average molecular weight is 456 g/mol. The van der Waals surface area contributed by atoms with Crippen molar-refractivity contribution in [2.75, 3.05) is 18.3 Å². The summed E-state index contributed by atoms with van der Waals surface area (Å²) in [7, 11) is -2.24. The maximum absolute atomic E-state index is 12.6. The van der Waals surface area contributed by atoms with Gasteiger partial charge in [-0.05, 0) is 43.7 Å². The zero-order valence-electron chi connectivity index (χ0n) is 15.7. The second-order valence-corrected chi connectivity index (χ2v) is 7.91. The van der Waals surface area contributed by atoms with Gasteiger partial charge in [0.2, 0.25) is 0 Å². The Balaban J connectivity index is 0.00000364. The molecule has 0 atom stereocenters. The van der Waals surface area contributed by atoms with E-state index >= 15 is 0 Å². The van der Waals surface area contributed by atoms with Crippen LogP contribution in [0.25, 0.3) is 0 Å². The molecule has 2 aromatic carbocycles. The minimum Gasteiger partial charge on any atom is -0.293 e. The molecule has 0 spiro atoms. The van der Waals surface area contributed by atoms with Crippen LogP contribution in [0.15, 0.2) is 54.6 Å². The minimum absolute atomic E-state index is 0. The number of Topliss-reactive ketones (excluding diaryl/α,β-unsaturated/α-hetero) is 1. The highest BCUT2D eigenvalue weighted by molar-refractivity contribution is 8.93. The maximum Gasteiger partial charge on any atom is 0.298 e. The van der Waals surface area contributed by atoms with Gasteiger partial charge in [0.05, 0.1) is 6.54 Å². The molecule has 0 bridgehead atoms. The van der Waals surface area contributed by atoms with Gasteiger partial charge in [0.25, 0.3) is 10.2 Å². The van der Waals surface area contributed by atoms with Crippen LogP contribution in [0, 0.1) is 0 Å². The van der Waals surface area contributed by atoms with Crippen molar-refractivity contribution in [2.24, 2.45) is 0 Å². The Hall–Kier alpha value is -1.74. The molecule has 148 valence electrons. The molecule has 0 aliphatic heterocycles. The van der Waals surface area contributed by atoms with E-state index in [0.717, 1.165) is 5.56 Å². The lowest BCUT2D eigenvalue weighted by atomic mass is 10.1. The molecule has 6 nitrogen and oxygen atoms in total. The van der Waals surface area contributed by atoms with Crippen molar-refractivity contribution < 1.29 is 13.2 Å². The Kier molecular flexibility index (Phi) is 9.11. The van der Waals surface area contributed by atoms with E-state index in [0.29, 0.717) is 24.3 Å². The van der Waals surface area contributed by atoms with E-state index in [1.54, 1.807) is 24.3 Å². The molecule has 0 fully saturated rings. The van der Waals surface area contributed by atoms with Crippen LogP contribution in [-0.4, -0.2) is 38.7 Å². The quantitative estimate of drug-likeness (QED) is 0.568. The molecule has 0 aliphatic carbocycles. The number of halogens is 1. The Morgan fingerprint density at radius 1 is 1.04 bits per heavy atom. The fourth-order valence-electron chi connectivity index (χ4n) is 2.45. The molecule has 0 aromatic heterocycles. The zero-order chi connectivity index (χ0) is 19.2. The van der Waals surface area contributed by atoms with E-state index in [9.17, 15) is 13.2 Å². The molecular weight excluding hydrogens is 430 g/mol. The summed E-state index contributed by atoms with van der Waals surface area (Å²) in [5, 5.41) is 0. The van der Waals surface area contributed by atoms with E-state index in [4.69, 9.17) is 0 Å². The van der Waals surface area contributed by atoms with E-state index in [1.807, 2.05) is 30.3 Å². The van der Waals surface area contributed by atoms with Gasteiger partial charge in [-0.1, -0.05) is 30.3 Å². The lowest BCUT2D eigenvalue weighted by Gasteiger charge is -2.25. The Labute approximate surface area is 171 Å². The molecule has 0 unspecified atom stereocenters. The second kappa shape index (κ2) is 10.6. The Bertz CT molecular complexity index is 825. The molecule has 2 rings (SSSR count). The molecule has 0 saturated carbocycles. The highest BCUT2D eigenvalue weighted by Gasteiger charge is 2.16. The predicted octanol–water partition coefficient (Wildman–Crippen LogP) is 3.23. The number of benzene rings is 2. The van der Waals surface area contributed by atoms with Crippen LogP contribution < -0.4 is 9.44 Å². The number of hydrogen-bond acceptors (Lipinski definition) is 4. The van der Waals surface area contributed by atoms with E-state index < -0.39 is 10.2 Å². The summed E-state index contributed by atoms with van der Waals surface area (Å²) < 4.78 is 27.5. The van der Waals surface area contributed by atoms with Gasteiger partial charge in [0.15, 0.2) is 5.78 Å². The zero-order valence-corrected chi connectivity index (χ0v) is 18.2. The molecule has 0 heterocycles. The number of carbonyl (C=O) groups excluding carboxylic acids is 1. The number of nitrogens with zero attached hydrogens (tertiary/aromatic N) is 1. The molecule has 0 saturated heterocycles. The normalized spacial score (nSPS) is 11.3. The third-order valence-electron chi connectivity index (χ3n) is 4.03. The van der Waals surface area contributed by atoms with Crippen molar-refractivity contribution in [1.29, 1.82) is 0 Å². The lowest BCUT2D eigenvalue weighted by molar-refractivity contribution is 0.0898. The van der Waals surface area contributed by atoms with Gasteiger partial charge in [-0.15, -0.1) is 17.0 Å². The highest BCUT2D eigenvalue weighted by atomic mass is 79.9. The van der Waals surface area contributed by atoms with Crippen molar-refractivity contribution in [3.8, 4) is 0 Å². The highest BCUT2D eigenvalue weighted by Crippen LogP contribution is 2.14. The topological polar surface area (TPSA) is 78.5 Å². The monoisotopic (exact) mass is 455 g/mol. The summed E-state index contributed by atoms with van der Waals surface area (Å²) in [6.45, 7) is 5.12. The molecule has 0 aliphatic rings. The number of carbonyl (C=O) groups is 1. The third kappa shape index (κ3) is 7.42. The third-order valence-corrected chi connectivity index (χ3v) is 5.08. The molecule has 8 heteroatoms. The van der Waals surface area contributed by atoms with Gasteiger partial charge < -0.3 is 0 Å². The first-order valence-electron chi connectivity index (χ1n) is 8.43. The van der Waals surface area contributed by atoms with Crippen LogP contribution in [0.4, 0.5) is 5.69 Å². The summed E-state index contributed by atoms with van der Waals surface area (Å²) in [5.41, 5.74) is 2.11. The molecular formula is C19H26BrN3O3S. The summed E-state index contributed by atoms with van der Waals surface area (Å²) in [6.07, 6.45) is 0. The first kappa shape index (κ1) is 23.3. The van der Waals surface area contributed by atoms with E-state index in [1.165, 1.54) is 7.05 Å². The summed E-state index contributed by atoms with van der Waals surface area (Å²) in [5.74, 6) is -0.00217. The first-order chi connectivity index (χ1) is 12.3. The van der Waals surface area contributed by atoms with Crippen LogP contribution >= 0.6 is 17.0 Å². The summed E-state index contributed by atoms with van der Waals surface area (Å²) >= 11 is 0. The molecule has 0 amide bonds. The van der Waals surface area contributed by atoms with Crippen molar-refractivity contribution >= 4 is 38.7 Å². The van der Waals surface area contributed by atoms with Gasteiger partial charge in [0, 0.05) is 30.9 Å². The van der Waals surface area contributed by atoms with Gasteiger partial charge in [-0.25, -0.2) is 4.72 Å². The predicted molar refractivity (Wildman–Crippen MR) is 115 cm³/mol. The molecule has 2 aromatic rings. The number of rotatable bonds is 9. The van der Waals surface area contributed by atoms with Crippen molar-refractivity contribution in [2.45, 2.75) is 26.4 Å². The van der Waals surface area contributed by atoms with E-state index in [-0.39, 0.29) is 28.8 Å². The average Bonchev–Trinajstić information content (AvgIpc) is 2.62. The second-order valence-electron chi connectivity index (χ2n) is 6.29. The SMILES string of the molecule is Br.CNS(=O)(=O)Nc1ccc(C(=O)CN(Cc2ccccc2)C(C)C)cc1. The maximum atomic E-state index is 12.6. The van der Waals surface area contributed by atoms with Crippen molar-refractivity contribution in [3.05, 3.63) is 65.7 Å². The summed E-state index contributed by atoms with van der Waals surface area (Å²) in [4.78, 5) is 14.7. The van der Waals surface area contributed by atoms with E-state index in [2.05, 4.69) is 28.2 Å². The number of nitrogens with one attached hydrogen (secondary N) is 2. The van der Waals surface area contributed by atoms with Crippen LogP contribution in [0.3, 0.4) is 0 Å². The van der Waals surface area contributed by atoms with Crippen LogP contribution in [0.5, 0.6) is 0 Å². The molecule has 0 radical (unpaired) electrons. The number of hydrogen-bond donors (Lipinski definition) is 2. The lowest BCUT2D eigenvalue weighted by Crippen LogP contribution is -2.35. The molecule has 2 N–H and O–H groups in total. The largest absolute Gasteiger partial charge is 0.298 e. The number of ketones is 1. The smallest absolute Gasteiger partial charge is 0.293 e. The minimum atomic E-state index is -3.56. The Morgan fingerprint density at radius 2 is 1.63 bits per heavy atom. The van der Waals surface area contributed by atoms with Crippen molar-refractivity contribution in [3.63, 3.8) is 0 Å². The van der Waals surface area contributed by atoms with Gasteiger partial charge >= 0.3 is 0 Å². The van der Waals surface area contributed by atoms with Gasteiger partial charge in [-0.2, -0.15) is 8.42 Å².